The molecule has 0 N–H and O–H groups in total. The number of sulfone groups is 1. The van der Waals surface area contributed by atoms with Gasteiger partial charge in [-0.25, -0.2) is 8.42 Å². The van der Waals surface area contributed by atoms with E-state index in [0.717, 1.165) is 50.4 Å². The molecule has 3 aromatic carbocycles. The average molecular weight is 504 g/mol. The maximum atomic E-state index is 12.6. The van der Waals surface area contributed by atoms with Gasteiger partial charge in [-0.05, 0) is 41.8 Å². The summed E-state index contributed by atoms with van der Waals surface area (Å²) in [5.41, 5.74) is 3.85. The number of anilines is 1. The quantitative estimate of drug-likeness (QED) is 0.461. The van der Waals surface area contributed by atoms with Crippen molar-refractivity contribution in [2.75, 3.05) is 43.9 Å². The summed E-state index contributed by atoms with van der Waals surface area (Å²) in [6.45, 7) is 4.49. The molecule has 0 bridgehead atoms. The fourth-order valence-electron chi connectivity index (χ4n) is 4.91. The fourth-order valence-corrected chi connectivity index (χ4v) is 5.81. The van der Waals surface area contributed by atoms with Gasteiger partial charge in [0.25, 0.3) is 11.8 Å². The van der Waals surface area contributed by atoms with Gasteiger partial charge in [0, 0.05) is 39.0 Å². The number of carbonyl (C=O) groups excluding carboxylic acids is 2. The van der Waals surface area contributed by atoms with E-state index in [0.29, 0.717) is 16.0 Å². The minimum absolute atomic E-state index is 0.238. The molecule has 5 rings (SSSR count). The van der Waals surface area contributed by atoms with Gasteiger partial charge in [0.1, 0.15) is 0 Å². The molecule has 186 valence electrons. The number of imide groups is 1. The zero-order valence-corrected chi connectivity index (χ0v) is 21.1. The van der Waals surface area contributed by atoms with Gasteiger partial charge < -0.3 is 4.90 Å². The van der Waals surface area contributed by atoms with Crippen molar-refractivity contribution in [1.29, 1.82) is 0 Å². The van der Waals surface area contributed by atoms with Gasteiger partial charge >= 0.3 is 0 Å². The highest BCUT2D eigenvalue weighted by Gasteiger charge is 2.34. The van der Waals surface area contributed by atoms with Gasteiger partial charge in [-0.1, -0.05) is 48.5 Å². The number of hydrogen-bond acceptors (Lipinski definition) is 6. The van der Waals surface area contributed by atoms with Crippen LogP contribution in [0, 0.1) is 0 Å². The number of fused-ring (bicyclic) bond motifs is 1. The van der Waals surface area contributed by atoms with Crippen LogP contribution in [0.25, 0.3) is 0 Å². The Morgan fingerprint density at radius 1 is 0.722 bits per heavy atom. The number of para-hydroxylation sites is 1. The third-order valence-electron chi connectivity index (χ3n) is 6.94. The number of piperazine rings is 1. The Hall–Kier alpha value is -3.49. The van der Waals surface area contributed by atoms with Crippen LogP contribution in [-0.4, -0.2) is 69.0 Å². The van der Waals surface area contributed by atoms with Gasteiger partial charge in [0.15, 0.2) is 9.84 Å². The molecule has 0 saturated carbocycles. The SMILES string of the molecule is CS(=O)(=O)c1ccccc1N1CCN(CCc2ccc(CN3C(=O)c4ccccc4C3=O)cc2)CC1. The van der Waals surface area contributed by atoms with Gasteiger partial charge in [-0.2, -0.15) is 0 Å². The van der Waals surface area contributed by atoms with Crippen LogP contribution >= 0.6 is 0 Å². The summed E-state index contributed by atoms with van der Waals surface area (Å²) in [6, 6.07) is 22.2. The first kappa shape index (κ1) is 24.2. The number of amides is 2. The maximum Gasteiger partial charge on any atom is 0.261 e. The molecule has 3 aromatic rings. The van der Waals surface area contributed by atoms with Crippen LogP contribution < -0.4 is 4.90 Å². The van der Waals surface area contributed by atoms with E-state index in [1.165, 1.54) is 16.7 Å². The lowest BCUT2D eigenvalue weighted by molar-refractivity contribution is 0.0642. The summed E-state index contributed by atoms with van der Waals surface area (Å²) in [7, 11) is -3.27. The minimum Gasteiger partial charge on any atom is -0.368 e. The summed E-state index contributed by atoms with van der Waals surface area (Å²) in [5.74, 6) is -0.476. The third-order valence-corrected chi connectivity index (χ3v) is 8.08. The van der Waals surface area contributed by atoms with E-state index in [1.807, 2.05) is 24.3 Å². The summed E-state index contributed by atoms with van der Waals surface area (Å²) >= 11 is 0. The van der Waals surface area contributed by atoms with Gasteiger partial charge in [0.2, 0.25) is 0 Å². The second-order valence-electron chi connectivity index (χ2n) is 9.38. The van der Waals surface area contributed by atoms with E-state index < -0.39 is 9.84 Å². The molecule has 2 heterocycles. The minimum atomic E-state index is -3.27. The smallest absolute Gasteiger partial charge is 0.261 e. The van der Waals surface area contributed by atoms with E-state index in [9.17, 15) is 18.0 Å². The lowest BCUT2D eigenvalue weighted by Gasteiger charge is -2.36. The van der Waals surface area contributed by atoms with Crippen LogP contribution in [0.1, 0.15) is 31.8 Å². The van der Waals surface area contributed by atoms with Crippen LogP contribution in [0.3, 0.4) is 0 Å². The predicted molar refractivity (Wildman–Crippen MR) is 139 cm³/mol. The predicted octanol–water partition coefficient (Wildman–Crippen LogP) is 3.25. The molecule has 0 spiro atoms. The molecule has 1 saturated heterocycles. The number of carbonyl (C=O) groups is 2. The first-order chi connectivity index (χ1) is 17.3. The van der Waals surface area contributed by atoms with Crippen LogP contribution in [0.5, 0.6) is 0 Å². The Balaban J connectivity index is 1.13. The van der Waals surface area contributed by atoms with E-state index in [2.05, 4.69) is 21.9 Å². The molecule has 1 fully saturated rings. The summed E-state index contributed by atoms with van der Waals surface area (Å²) < 4.78 is 24.3. The maximum absolute atomic E-state index is 12.6. The number of benzene rings is 3. The Kier molecular flexibility index (Phi) is 6.64. The lowest BCUT2D eigenvalue weighted by atomic mass is 10.1. The number of hydrogen-bond donors (Lipinski definition) is 0. The van der Waals surface area contributed by atoms with Crippen molar-refractivity contribution < 1.29 is 18.0 Å². The van der Waals surface area contributed by atoms with Gasteiger partial charge in [-0.15, -0.1) is 0 Å². The largest absolute Gasteiger partial charge is 0.368 e. The molecule has 8 heteroatoms. The highest BCUT2D eigenvalue weighted by molar-refractivity contribution is 7.90. The number of nitrogens with zero attached hydrogens (tertiary/aromatic N) is 3. The molecule has 2 aliphatic rings. The average Bonchev–Trinajstić information content (AvgIpc) is 3.13. The van der Waals surface area contributed by atoms with E-state index in [4.69, 9.17) is 0 Å². The first-order valence-electron chi connectivity index (χ1n) is 12.1. The van der Waals surface area contributed by atoms with Crippen molar-refractivity contribution in [1.82, 2.24) is 9.80 Å². The standard InChI is InChI=1S/C28H29N3O4S/c1-36(34,35)26-9-5-4-8-25(26)30-18-16-29(17-19-30)15-14-21-10-12-22(13-11-21)20-31-27(32)23-6-2-3-7-24(23)28(31)33/h2-13H,14-20H2,1H3. The first-order valence-corrected chi connectivity index (χ1v) is 14.0. The summed E-state index contributed by atoms with van der Waals surface area (Å²) in [5, 5.41) is 0. The Morgan fingerprint density at radius 3 is 1.89 bits per heavy atom. The second-order valence-corrected chi connectivity index (χ2v) is 11.4. The Bertz CT molecular complexity index is 1360. The molecule has 2 aliphatic heterocycles. The fraction of sp³-hybridized carbons (Fsp3) is 0.286. The highest BCUT2D eigenvalue weighted by Crippen LogP contribution is 2.26. The molecule has 0 aliphatic carbocycles. The van der Waals surface area contributed by atoms with E-state index >= 15 is 0 Å². The van der Waals surface area contributed by atoms with Crippen molar-refractivity contribution in [3.05, 3.63) is 95.1 Å². The zero-order chi connectivity index (χ0) is 25.3. The number of rotatable bonds is 7. The molecule has 7 nitrogen and oxygen atoms in total. The lowest BCUT2D eigenvalue weighted by Crippen LogP contribution is -2.47. The van der Waals surface area contributed by atoms with Crippen molar-refractivity contribution in [3.63, 3.8) is 0 Å². The third kappa shape index (κ3) is 4.92. The molecule has 0 radical (unpaired) electrons. The van der Waals surface area contributed by atoms with Crippen molar-refractivity contribution in [3.8, 4) is 0 Å². The van der Waals surface area contributed by atoms with Crippen molar-refractivity contribution in [2.24, 2.45) is 0 Å². The monoisotopic (exact) mass is 503 g/mol. The normalized spacial score (nSPS) is 16.5. The Labute approximate surface area is 211 Å². The zero-order valence-electron chi connectivity index (χ0n) is 20.3. The molecular weight excluding hydrogens is 474 g/mol. The van der Waals surface area contributed by atoms with E-state index in [-0.39, 0.29) is 18.4 Å². The van der Waals surface area contributed by atoms with Gasteiger partial charge in [0.05, 0.1) is 28.3 Å². The topological polar surface area (TPSA) is 78.0 Å². The van der Waals surface area contributed by atoms with Crippen LogP contribution in [0.4, 0.5) is 5.69 Å². The molecular formula is C28H29N3O4S. The van der Waals surface area contributed by atoms with Crippen LogP contribution in [0.15, 0.2) is 77.7 Å². The summed E-state index contributed by atoms with van der Waals surface area (Å²) in [6.07, 6.45) is 2.15. The summed E-state index contributed by atoms with van der Waals surface area (Å²) in [4.78, 5) is 31.5. The van der Waals surface area contributed by atoms with Crippen molar-refractivity contribution >= 4 is 27.3 Å². The van der Waals surface area contributed by atoms with Gasteiger partial charge in [-0.3, -0.25) is 19.4 Å². The molecule has 36 heavy (non-hydrogen) atoms. The highest BCUT2D eigenvalue weighted by atomic mass is 32.2. The molecule has 0 aromatic heterocycles. The molecule has 2 amide bonds. The second kappa shape index (κ2) is 9.87. The Morgan fingerprint density at radius 2 is 1.28 bits per heavy atom. The van der Waals surface area contributed by atoms with Crippen LogP contribution in [0.2, 0.25) is 0 Å². The van der Waals surface area contributed by atoms with Crippen LogP contribution in [-0.2, 0) is 22.8 Å². The van der Waals surface area contributed by atoms with Crippen molar-refractivity contribution in [2.45, 2.75) is 17.9 Å². The molecule has 0 unspecified atom stereocenters. The van der Waals surface area contributed by atoms with E-state index in [1.54, 1.807) is 36.4 Å². The molecule has 0 atom stereocenters.